The maximum atomic E-state index is 13.4. The van der Waals surface area contributed by atoms with Gasteiger partial charge in [-0.2, -0.15) is 0 Å². The van der Waals surface area contributed by atoms with Gasteiger partial charge in [-0.25, -0.2) is 0 Å². The van der Waals surface area contributed by atoms with Crippen molar-refractivity contribution in [2.24, 2.45) is 0 Å². The maximum Gasteiger partial charge on any atom is 0.325 e. The molecule has 1 amide bonds. The zero-order valence-corrected chi connectivity index (χ0v) is 21.6. The third-order valence-corrected chi connectivity index (χ3v) is 6.09. The molecule has 0 radical (unpaired) electrons. The van der Waals surface area contributed by atoms with Gasteiger partial charge < -0.3 is 19.1 Å². The Labute approximate surface area is 215 Å². The summed E-state index contributed by atoms with van der Waals surface area (Å²) in [6, 6.07) is 10.3. The Balaban J connectivity index is 2.07. The summed E-state index contributed by atoms with van der Waals surface area (Å²) in [6.45, 7) is 3.76. The van der Waals surface area contributed by atoms with Crippen molar-refractivity contribution in [3.63, 3.8) is 0 Å². The van der Waals surface area contributed by atoms with Crippen LogP contribution in [0.2, 0.25) is 5.02 Å². The summed E-state index contributed by atoms with van der Waals surface area (Å²) in [5.74, 6) is 0.154. The van der Waals surface area contributed by atoms with E-state index >= 15 is 0 Å². The molecule has 7 nitrogen and oxygen atoms in total. The van der Waals surface area contributed by atoms with Gasteiger partial charge in [0.25, 0.3) is 5.91 Å². The van der Waals surface area contributed by atoms with Crippen LogP contribution in [0.15, 0.2) is 54.8 Å². The van der Waals surface area contributed by atoms with Crippen LogP contribution in [0.5, 0.6) is 11.5 Å². The highest BCUT2D eigenvalue weighted by molar-refractivity contribution is 14.1. The number of benzene rings is 2. The van der Waals surface area contributed by atoms with Crippen LogP contribution in [0.1, 0.15) is 5.56 Å². The minimum atomic E-state index is -0.533. The predicted molar refractivity (Wildman–Crippen MR) is 140 cm³/mol. The van der Waals surface area contributed by atoms with Crippen LogP contribution in [-0.4, -0.2) is 49.3 Å². The second-order valence-electron chi connectivity index (χ2n) is 6.73. The molecule has 1 fully saturated rings. The van der Waals surface area contributed by atoms with Crippen LogP contribution >= 0.6 is 46.4 Å². The third-order valence-electron chi connectivity index (χ3n) is 4.64. The first-order chi connectivity index (χ1) is 15.8. The lowest BCUT2D eigenvalue weighted by molar-refractivity contribution is -0.140. The zero-order chi connectivity index (χ0) is 24.1. The molecule has 1 aliphatic rings. The highest BCUT2D eigenvalue weighted by atomic mass is 127. The van der Waals surface area contributed by atoms with Gasteiger partial charge in [0.05, 0.1) is 23.5 Å². The molecule has 1 aliphatic heterocycles. The summed E-state index contributed by atoms with van der Waals surface area (Å²) in [7, 11) is 2.81. The number of rotatable bonds is 8. The van der Waals surface area contributed by atoms with E-state index in [0.717, 1.165) is 3.57 Å². The molecule has 0 atom stereocenters. The van der Waals surface area contributed by atoms with E-state index in [-0.39, 0.29) is 23.3 Å². The van der Waals surface area contributed by atoms with E-state index in [2.05, 4.69) is 29.2 Å². The number of thiocarbonyl (C=S) groups is 1. The molecule has 1 saturated heterocycles. The Kier molecular flexibility index (Phi) is 8.33. The fraction of sp³-hybridized carbons (Fsp3) is 0.174. The van der Waals surface area contributed by atoms with E-state index < -0.39 is 5.97 Å². The fourth-order valence-electron chi connectivity index (χ4n) is 3.11. The molecule has 1 heterocycles. The number of carbonyl (C=O) groups excluding carboxylic acids is 2. The van der Waals surface area contributed by atoms with Gasteiger partial charge in [-0.3, -0.25) is 14.5 Å². The number of methoxy groups -OCH3 is 2. The molecule has 0 N–H and O–H groups in total. The maximum absolute atomic E-state index is 13.4. The largest absolute Gasteiger partial charge is 0.493 e. The standard InChI is InChI=1S/C23H20ClIN2O5S/c1-4-9-32-21-17(25)10-14(12-19(21)30-2)11-18-22(29)27(16-7-5-15(24)6-8-16)23(33)26(18)13-20(28)31-3/h4-8,10-12H,1,9,13H2,2-3H3/b18-11-. The number of anilines is 1. The zero-order valence-electron chi connectivity index (χ0n) is 17.8. The van der Waals surface area contributed by atoms with E-state index in [4.69, 9.17) is 38.0 Å². The van der Waals surface area contributed by atoms with E-state index in [0.29, 0.717) is 34.4 Å². The van der Waals surface area contributed by atoms with Gasteiger partial charge in [-0.15, -0.1) is 0 Å². The summed E-state index contributed by atoms with van der Waals surface area (Å²) in [5.41, 5.74) is 1.42. The minimum Gasteiger partial charge on any atom is -0.493 e. The second-order valence-corrected chi connectivity index (χ2v) is 8.69. The van der Waals surface area contributed by atoms with E-state index in [1.54, 1.807) is 42.5 Å². The molecule has 0 aromatic heterocycles. The number of ether oxygens (including phenoxy) is 3. The normalized spacial score (nSPS) is 14.6. The molecule has 0 spiro atoms. The van der Waals surface area contributed by atoms with E-state index in [1.165, 1.54) is 24.0 Å². The van der Waals surface area contributed by atoms with Crippen LogP contribution < -0.4 is 14.4 Å². The van der Waals surface area contributed by atoms with Gasteiger partial charge in [0.1, 0.15) is 18.8 Å². The van der Waals surface area contributed by atoms with Gasteiger partial charge in [0.15, 0.2) is 16.6 Å². The van der Waals surface area contributed by atoms with Crippen molar-refractivity contribution in [1.82, 2.24) is 4.90 Å². The van der Waals surface area contributed by atoms with Crippen molar-refractivity contribution in [3.05, 3.63) is 68.9 Å². The number of esters is 1. The second kappa shape index (κ2) is 11.0. The lowest BCUT2D eigenvalue weighted by Crippen LogP contribution is -2.35. The number of hydrogen-bond donors (Lipinski definition) is 0. The van der Waals surface area contributed by atoms with Gasteiger partial charge in [0, 0.05) is 5.02 Å². The predicted octanol–water partition coefficient (Wildman–Crippen LogP) is 4.67. The molecule has 0 saturated carbocycles. The Hall–Kier alpha value is -2.63. The first kappa shape index (κ1) is 25.0. The van der Waals surface area contributed by atoms with Crippen molar-refractivity contribution in [1.29, 1.82) is 0 Å². The van der Waals surface area contributed by atoms with Crippen molar-refractivity contribution >= 4 is 75.2 Å². The summed E-state index contributed by atoms with van der Waals surface area (Å²) >= 11 is 13.7. The molecule has 10 heteroatoms. The first-order valence-corrected chi connectivity index (χ1v) is 11.5. The molecular weight excluding hydrogens is 579 g/mol. The summed E-state index contributed by atoms with van der Waals surface area (Å²) in [5, 5.41) is 0.686. The van der Waals surface area contributed by atoms with Gasteiger partial charge in [-0.05, 0) is 82.8 Å². The smallest absolute Gasteiger partial charge is 0.325 e. The monoisotopic (exact) mass is 598 g/mol. The molecule has 0 bridgehead atoms. The van der Waals surface area contributed by atoms with Crippen LogP contribution in [0.25, 0.3) is 6.08 Å². The SMILES string of the molecule is C=CCOc1c(I)cc(/C=C2/C(=O)N(c3ccc(Cl)cc3)C(=S)N2CC(=O)OC)cc1OC. The highest BCUT2D eigenvalue weighted by Gasteiger charge is 2.40. The van der Waals surface area contributed by atoms with Gasteiger partial charge >= 0.3 is 5.97 Å². The third kappa shape index (κ3) is 5.48. The lowest BCUT2D eigenvalue weighted by atomic mass is 10.1. The number of hydrogen-bond acceptors (Lipinski definition) is 6. The Morgan fingerprint density at radius 1 is 1.24 bits per heavy atom. The van der Waals surface area contributed by atoms with Crippen molar-refractivity contribution in [3.8, 4) is 11.5 Å². The Bertz CT molecular complexity index is 1140. The van der Waals surface area contributed by atoms with Crippen molar-refractivity contribution in [2.45, 2.75) is 0 Å². The van der Waals surface area contributed by atoms with Crippen molar-refractivity contribution < 1.29 is 23.8 Å². The lowest BCUT2D eigenvalue weighted by Gasteiger charge is -2.19. The molecular formula is C23H20ClIN2O5S. The summed E-state index contributed by atoms with van der Waals surface area (Å²) in [6.07, 6.45) is 3.29. The van der Waals surface area contributed by atoms with Crippen LogP contribution in [0.3, 0.4) is 0 Å². The first-order valence-electron chi connectivity index (χ1n) is 9.62. The Morgan fingerprint density at radius 3 is 2.55 bits per heavy atom. The summed E-state index contributed by atoms with van der Waals surface area (Å²) < 4.78 is 16.7. The average molecular weight is 599 g/mol. The van der Waals surface area contributed by atoms with Crippen LogP contribution in [0, 0.1) is 3.57 Å². The number of nitrogens with zero attached hydrogens (tertiary/aromatic N) is 2. The topological polar surface area (TPSA) is 68.3 Å². The average Bonchev–Trinajstić information content (AvgIpc) is 3.02. The Morgan fingerprint density at radius 2 is 1.94 bits per heavy atom. The molecule has 33 heavy (non-hydrogen) atoms. The molecule has 172 valence electrons. The molecule has 0 aliphatic carbocycles. The molecule has 0 unspecified atom stereocenters. The van der Waals surface area contributed by atoms with Crippen LogP contribution in [0.4, 0.5) is 5.69 Å². The van der Waals surface area contributed by atoms with Crippen LogP contribution in [-0.2, 0) is 14.3 Å². The van der Waals surface area contributed by atoms with Gasteiger partial charge in [-0.1, -0.05) is 24.3 Å². The van der Waals surface area contributed by atoms with E-state index in [9.17, 15) is 9.59 Å². The highest BCUT2D eigenvalue weighted by Crippen LogP contribution is 2.36. The summed E-state index contributed by atoms with van der Waals surface area (Å²) in [4.78, 5) is 28.3. The van der Waals surface area contributed by atoms with Gasteiger partial charge in [0.2, 0.25) is 0 Å². The number of carbonyl (C=O) groups is 2. The fourth-order valence-corrected chi connectivity index (χ4v) is 4.37. The quantitative estimate of drug-likeness (QED) is 0.144. The number of amides is 1. The molecule has 2 aromatic carbocycles. The molecule has 3 rings (SSSR count). The minimum absolute atomic E-state index is 0.159. The molecule has 2 aromatic rings. The van der Waals surface area contributed by atoms with Crippen molar-refractivity contribution in [2.75, 3.05) is 32.3 Å². The van der Waals surface area contributed by atoms with E-state index in [1.807, 2.05) is 6.07 Å². The number of halogens is 2.